The number of nitrogens with one attached hydrogen (secondary N) is 1. The Morgan fingerprint density at radius 3 is 2.29 bits per heavy atom. The molecular formula is C26H25NO6S. The van der Waals surface area contributed by atoms with Crippen molar-refractivity contribution in [3.63, 3.8) is 0 Å². The van der Waals surface area contributed by atoms with Crippen molar-refractivity contribution in [3.05, 3.63) is 82.9 Å². The Hall–Kier alpha value is -3.65. The minimum Gasteiger partial charge on any atom is -0.490 e. The molecular weight excluding hydrogens is 454 g/mol. The summed E-state index contributed by atoms with van der Waals surface area (Å²) in [5, 5.41) is 2.88. The van der Waals surface area contributed by atoms with Crippen molar-refractivity contribution in [1.82, 2.24) is 5.32 Å². The number of benzene rings is 3. The summed E-state index contributed by atoms with van der Waals surface area (Å²) < 4.78 is 37.5. The second-order valence-corrected chi connectivity index (χ2v) is 9.69. The number of hydrogen-bond acceptors (Lipinski definition) is 6. The normalized spacial score (nSPS) is 14.5. The molecule has 176 valence electrons. The number of carbonyl (C=O) groups excluding carboxylic acids is 2. The van der Waals surface area contributed by atoms with Gasteiger partial charge in [-0.15, -0.1) is 0 Å². The van der Waals surface area contributed by atoms with Crippen molar-refractivity contribution >= 4 is 21.5 Å². The van der Waals surface area contributed by atoms with E-state index in [4.69, 9.17) is 9.47 Å². The standard InChI is InChI=1S/C26H25NO6S/c1-4-32-21-13-11-17(14-22(21)33-5-2)16(3)27-26(29)18-10-12-20-24(15-18)34(30,31)23-9-7-6-8-19(23)25(20)28/h6-16H,4-5H2,1-3H3,(H,27,29)/t16-/m0/s1. The molecule has 0 radical (unpaired) electrons. The third-order valence-corrected chi connectivity index (χ3v) is 7.47. The number of ketones is 1. The van der Waals surface area contributed by atoms with Gasteiger partial charge >= 0.3 is 0 Å². The van der Waals surface area contributed by atoms with E-state index in [0.29, 0.717) is 24.7 Å². The first-order chi connectivity index (χ1) is 16.3. The van der Waals surface area contributed by atoms with E-state index in [1.54, 1.807) is 18.2 Å². The maximum atomic E-state index is 13.1. The molecule has 7 nitrogen and oxygen atoms in total. The number of fused-ring (bicyclic) bond motifs is 2. The molecule has 8 heteroatoms. The van der Waals surface area contributed by atoms with Crippen LogP contribution in [0.1, 0.15) is 58.7 Å². The Morgan fingerprint density at radius 2 is 1.56 bits per heavy atom. The Morgan fingerprint density at radius 1 is 0.882 bits per heavy atom. The number of carbonyl (C=O) groups is 2. The zero-order valence-corrected chi connectivity index (χ0v) is 19.9. The summed E-state index contributed by atoms with van der Waals surface area (Å²) in [7, 11) is -3.92. The number of amides is 1. The van der Waals surface area contributed by atoms with E-state index in [-0.39, 0.29) is 32.3 Å². The van der Waals surface area contributed by atoms with Crippen LogP contribution >= 0.6 is 0 Å². The number of sulfone groups is 1. The molecule has 1 aliphatic rings. The summed E-state index contributed by atoms with van der Waals surface area (Å²) >= 11 is 0. The van der Waals surface area contributed by atoms with Crippen LogP contribution in [0.2, 0.25) is 0 Å². The van der Waals surface area contributed by atoms with E-state index >= 15 is 0 Å². The highest BCUT2D eigenvalue weighted by Crippen LogP contribution is 2.35. The zero-order chi connectivity index (χ0) is 24.5. The molecule has 3 aromatic rings. The second-order valence-electron chi connectivity index (χ2n) is 7.81. The van der Waals surface area contributed by atoms with Crippen LogP contribution in [-0.2, 0) is 9.84 Å². The fraction of sp³-hybridized carbons (Fsp3) is 0.231. The zero-order valence-electron chi connectivity index (χ0n) is 19.1. The molecule has 1 aliphatic heterocycles. The molecule has 1 heterocycles. The Labute approximate surface area is 198 Å². The van der Waals surface area contributed by atoms with Gasteiger partial charge in [0.05, 0.1) is 29.0 Å². The van der Waals surface area contributed by atoms with Crippen LogP contribution in [0.15, 0.2) is 70.5 Å². The molecule has 4 rings (SSSR count). The Kier molecular flexibility index (Phi) is 6.43. The molecule has 0 aromatic heterocycles. The minimum atomic E-state index is -3.92. The van der Waals surface area contributed by atoms with Crippen molar-refractivity contribution < 1.29 is 27.5 Å². The number of ether oxygens (including phenoxy) is 2. The average Bonchev–Trinajstić information content (AvgIpc) is 2.84. The van der Waals surface area contributed by atoms with Gasteiger partial charge in [-0.25, -0.2) is 8.42 Å². The fourth-order valence-corrected chi connectivity index (χ4v) is 5.60. The molecule has 0 bridgehead atoms. The molecule has 0 aliphatic carbocycles. The predicted molar refractivity (Wildman–Crippen MR) is 126 cm³/mol. The molecule has 0 fully saturated rings. The number of rotatable bonds is 7. The first kappa shape index (κ1) is 23.5. The molecule has 0 saturated heterocycles. The third kappa shape index (κ3) is 4.17. The topological polar surface area (TPSA) is 98.8 Å². The van der Waals surface area contributed by atoms with Gasteiger partial charge in [-0.3, -0.25) is 9.59 Å². The summed E-state index contributed by atoms with van der Waals surface area (Å²) in [4.78, 5) is 25.6. The first-order valence-corrected chi connectivity index (χ1v) is 12.5. The van der Waals surface area contributed by atoms with Crippen LogP contribution in [0.5, 0.6) is 11.5 Å². The van der Waals surface area contributed by atoms with Crippen molar-refractivity contribution in [3.8, 4) is 11.5 Å². The lowest BCUT2D eigenvalue weighted by atomic mass is 10.0. The van der Waals surface area contributed by atoms with Gasteiger partial charge in [-0.05, 0) is 68.8 Å². The van der Waals surface area contributed by atoms with Crippen molar-refractivity contribution in [1.29, 1.82) is 0 Å². The average molecular weight is 480 g/mol. The van der Waals surface area contributed by atoms with Gasteiger partial charge in [0.15, 0.2) is 17.3 Å². The summed E-state index contributed by atoms with van der Waals surface area (Å²) in [6, 6.07) is 15.3. The van der Waals surface area contributed by atoms with Crippen molar-refractivity contribution in [2.24, 2.45) is 0 Å². The van der Waals surface area contributed by atoms with Gasteiger partial charge < -0.3 is 14.8 Å². The maximum absolute atomic E-state index is 13.1. The van der Waals surface area contributed by atoms with E-state index in [2.05, 4.69) is 5.32 Å². The SMILES string of the molecule is CCOc1ccc([C@H](C)NC(=O)c2ccc3c(c2)S(=O)(=O)c2ccccc2C3=O)cc1OCC. The maximum Gasteiger partial charge on any atom is 0.251 e. The van der Waals surface area contributed by atoms with Crippen LogP contribution in [0.25, 0.3) is 0 Å². The lowest BCUT2D eigenvalue weighted by Crippen LogP contribution is -2.27. The highest BCUT2D eigenvalue weighted by molar-refractivity contribution is 7.91. The molecule has 0 saturated carbocycles. The van der Waals surface area contributed by atoms with Crippen LogP contribution < -0.4 is 14.8 Å². The highest BCUT2D eigenvalue weighted by atomic mass is 32.2. The largest absolute Gasteiger partial charge is 0.490 e. The summed E-state index contributed by atoms with van der Waals surface area (Å²) in [5.74, 6) is 0.374. The quantitative estimate of drug-likeness (QED) is 0.423. The molecule has 0 unspecified atom stereocenters. The second kappa shape index (κ2) is 9.30. The summed E-state index contributed by atoms with van der Waals surface area (Å²) in [5.41, 5.74) is 1.16. The minimum absolute atomic E-state index is 0.0451. The van der Waals surface area contributed by atoms with E-state index in [1.165, 1.54) is 30.3 Å². The lowest BCUT2D eigenvalue weighted by Gasteiger charge is -2.20. The molecule has 1 N–H and O–H groups in total. The summed E-state index contributed by atoms with van der Waals surface area (Å²) in [6.45, 7) is 6.55. The smallest absolute Gasteiger partial charge is 0.251 e. The fourth-order valence-electron chi connectivity index (χ4n) is 3.93. The molecule has 1 atom stereocenters. The van der Waals surface area contributed by atoms with E-state index in [0.717, 1.165) is 5.56 Å². The van der Waals surface area contributed by atoms with Crippen LogP contribution in [-0.4, -0.2) is 33.3 Å². The van der Waals surface area contributed by atoms with E-state index in [9.17, 15) is 18.0 Å². The Bertz CT molecular complexity index is 1380. The van der Waals surface area contributed by atoms with Gasteiger partial charge in [0, 0.05) is 16.7 Å². The lowest BCUT2D eigenvalue weighted by molar-refractivity contribution is 0.0938. The van der Waals surface area contributed by atoms with Gasteiger partial charge in [-0.1, -0.05) is 18.2 Å². The van der Waals surface area contributed by atoms with Crippen molar-refractivity contribution in [2.45, 2.75) is 36.6 Å². The third-order valence-electron chi connectivity index (χ3n) is 5.61. The van der Waals surface area contributed by atoms with E-state index in [1.807, 2.05) is 32.9 Å². The highest BCUT2D eigenvalue weighted by Gasteiger charge is 2.35. The van der Waals surface area contributed by atoms with Gasteiger partial charge in [0.25, 0.3) is 5.91 Å². The monoisotopic (exact) mass is 479 g/mol. The van der Waals surface area contributed by atoms with Crippen LogP contribution in [0, 0.1) is 0 Å². The van der Waals surface area contributed by atoms with Crippen molar-refractivity contribution in [2.75, 3.05) is 13.2 Å². The van der Waals surface area contributed by atoms with Gasteiger partial charge in [-0.2, -0.15) is 0 Å². The van der Waals surface area contributed by atoms with Crippen LogP contribution in [0.3, 0.4) is 0 Å². The molecule has 34 heavy (non-hydrogen) atoms. The van der Waals surface area contributed by atoms with Gasteiger partial charge in [0.1, 0.15) is 0 Å². The molecule has 3 aromatic carbocycles. The predicted octanol–water partition coefficient (Wildman–Crippen LogP) is 4.35. The number of hydrogen-bond donors (Lipinski definition) is 1. The van der Waals surface area contributed by atoms with E-state index < -0.39 is 21.8 Å². The first-order valence-electron chi connectivity index (χ1n) is 11.0. The van der Waals surface area contributed by atoms with Gasteiger partial charge in [0.2, 0.25) is 9.84 Å². The van der Waals surface area contributed by atoms with Crippen LogP contribution in [0.4, 0.5) is 0 Å². The molecule has 1 amide bonds. The summed E-state index contributed by atoms with van der Waals surface area (Å²) in [6.07, 6.45) is 0. The molecule has 0 spiro atoms. The Balaban J connectivity index is 1.61.